The average Bonchev–Trinajstić information content (AvgIpc) is 3.12. The Kier molecular flexibility index (Phi) is 7.41. The van der Waals surface area contributed by atoms with E-state index in [1.54, 1.807) is 6.07 Å². The number of nitrogens with zero attached hydrogens (tertiary/aromatic N) is 1. The first-order valence-corrected chi connectivity index (χ1v) is 11.4. The molecule has 4 rings (SSSR count). The molecule has 0 saturated carbocycles. The summed E-state index contributed by atoms with van der Waals surface area (Å²) in [7, 11) is 0. The minimum absolute atomic E-state index is 0.00462. The van der Waals surface area contributed by atoms with Gasteiger partial charge in [-0.15, -0.1) is 26.3 Å². The van der Waals surface area contributed by atoms with Crippen molar-refractivity contribution in [1.29, 1.82) is 0 Å². The van der Waals surface area contributed by atoms with E-state index < -0.39 is 48.5 Å². The molecule has 3 aromatic rings. The number of ether oxygens (including phenoxy) is 2. The Morgan fingerprint density at radius 3 is 2.10 bits per heavy atom. The molecular formula is C26H20F9NO3. The normalized spacial score (nSPS) is 18.6. The van der Waals surface area contributed by atoms with Crippen molar-refractivity contribution in [2.24, 2.45) is 0 Å². The first-order valence-electron chi connectivity index (χ1n) is 11.4. The van der Waals surface area contributed by atoms with Crippen LogP contribution >= 0.6 is 0 Å². The largest absolute Gasteiger partial charge is 0.573 e. The molecule has 1 unspecified atom stereocenters. The maximum Gasteiger partial charge on any atom is 0.573 e. The fourth-order valence-corrected chi connectivity index (χ4v) is 4.82. The molecule has 13 heteroatoms. The van der Waals surface area contributed by atoms with Crippen LogP contribution in [0, 0.1) is 0 Å². The topological polar surface area (TPSA) is 41.9 Å². The summed E-state index contributed by atoms with van der Waals surface area (Å²) >= 11 is 0. The molecule has 4 nitrogen and oxygen atoms in total. The van der Waals surface area contributed by atoms with Crippen molar-refractivity contribution >= 4 is 5.69 Å². The molecule has 0 aliphatic carbocycles. The molecule has 1 aliphatic rings. The van der Waals surface area contributed by atoms with Gasteiger partial charge in [0.25, 0.3) is 0 Å². The van der Waals surface area contributed by atoms with E-state index in [-0.39, 0.29) is 29.8 Å². The van der Waals surface area contributed by atoms with Gasteiger partial charge in [0.1, 0.15) is 11.5 Å². The number of alkyl halides is 9. The van der Waals surface area contributed by atoms with E-state index in [1.165, 1.54) is 53.4 Å². The number of halogens is 9. The van der Waals surface area contributed by atoms with Gasteiger partial charge in [0.05, 0.1) is 6.54 Å². The number of aliphatic hydroxyl groups is 1. The van der Waals surface area contributed by atoms with Crippen LogP contribution in [0.25, 0.3) is 0 Å². The number of β-amino-alcohol motifs (C(OH)–C–C–N with tert-alkyl or cyclic N) is 1. The van der Waals surface area contributed by atoms with Gasteiger partial charge in [-0.05, 0) is 47.4 Å². The molecule has 2 atom stereocenters. The first kappa shape index (κ1) is 28.4. The monoisotopic (exact) mass is 565 g/mol. The molecule has 0 amide bonds. The van der Waals surface area contributed by atoms with Gasteiger partial charge < -0.3 is 19.5 Å². The highest BCUT2D eigenvalue weighted by Gasteiger charge is 2.48. The maximum atomic E-state index is 13.2. The number of hydrogen-bond acceptors (Lipinski definition) is 4. The molecule has 0 radical (unpaired) electrons. The Morgan fingerprint density at radius 1 is 0.795 bits per heavy atom. The zero-order valence-corrected chi connectivity index (χ0v) is 19.7. The summed E-state index contributed by atoms with van der Waals surface area (Å²) in [5.74, 6) is -1.19. The third-order valence-electron chi connectivity index (χ3n) is 6.30. The predicted molar refractivity (Wildman–Crippen MR) is 121 cm³/mol. The molecule has 210 valence electrons. The van der Waals surface area contributed by atoms with Crippen LogP contribution in [-0.2, 0) is 11.8 Å². The van der Waals surface area contributed by atoms with Crippen LogP contribution in [-0.4, -0.2) is 43.2 Å². The fourth-order valence-electron chi connectivity index (χ4n) is 4.82. The lowest BCUT2D eigenvalue weighted by Crippen LogP contribution is -2.44. The average molecular weight is 565 g/mol. The van der Waals surface area contributed by atoms with Crippen LogP contribution < -0.4 is 14.4 Å². The zero-order chi connectivity index (χ0) is 28.6. The Morgan fingerprint density at radius 2 is 1.44 bits per heavy atom. The lowest BCUT2D eigenvalue weighted by Gasteiger charge is -2.33. The van der Waals surface area contributed by atoms with Gasteiger partial charge in [0, 0.05) is 17.6 Å². The molecule has 39 heavy (non-hydrogen) atoms. The summed E-state index contributed by atoms with van der Waals surface area (Å²) in [5.41, 5.74) is -0.743. The Labute approximate surface area is 216 Å². The van der Waals surface area contributed by atoms with Crippen LogP contribution in [0.5, 0.6) is 11.5 Å². The molecule has 1 aliphatic heterocycles. The van der Waals surface area contributed by atoms with E-state index in [1.807, 2.05) is 0 Å². The second-order valence-corrected chi connectivity index (χ2v) is 8.95. The van der Waals surface area contributed by atoms with Crippen molar-refractivity contribution in [2.45, 2.75) is 36.8 Å². The molecule has 0 bridgehead atoms. The summed E-state index contributed by atoms with van der Waals surface area (Å²) in [6.07, 6.45) is -18.1. The molecule has 1 heterocycles. The minimum atomic E-state index is -5.06. The lowest BCUT2D eigenvalue weighted by atomic mass is 9.71. The Hall–Kier alpha value is -3.61. The van der Waals surface area contributed by atoms with Crippen LogP contribution in [0.1, 0.15) is 16.7 Å². The van der Waals surface area contributed by atoms with E-state index in [2.05, 4.69) is 9.47 Å². The SMILES string of the molecule is O[C@H](CN1CC(Cc2ccccc2OC(F)(F)F)(c2cccc(OC(F)(F)F)c2)c2ccccc21)C(F)(F)F. The quantitative estimate of drug-likeness (QED) is 0.322. The molecule has 1 N–H and O–H groups in total. The number of benzene rings is 3. The van der Waals surface area contributed by atoms with E-state index in [9.17, 15) is 44.6 Å². The Balaban J connectivity index is 1.88. The molecule has 3 aromatic carbocycles. The summed E-state index contributed by atoms with van der Waals surface area (Å²) < 4.78 is 126. The smallest absolute Gasteiger partial charge is 0.406 e. The van der Waals surface area contributed by atoms with E-state index in [4.69, 9.17) is 0 Å². The maximum absolute atomic E-state index is 13.2. The van der Waals surface area contributed by atoms with Gasteiger partial charge in [-0.2, -0.15) is 13.2 Å². The van der Waals surface area contributed by atoms with Gasteiger partial charge in [0.15, 0.2) is 6.10 Å². The highest BCUT2D eigenvalue weighted by molar-refractivity contribution is 5.67. The second kappa shape index (κ2) is 10.2. The first-order chi connectivity index (χ1) is 18.1. The summed E-state index contributed by atoms with van der Waals surface area (Å²) in [6, 6.07) is 15.9. The van der Waals surface area contributed by atoms with Crippen LogP contribution in [0.4, 0.5) is 45.2 Å². The van der Waals surface area contributed by atoms with Crippen LogP contribution in [0.2, 0.25) is 0 Å². The van der Waals surface area contributed by atoms with Crippen LogP contribution in [0.3, 0.4) is 0 Å². The number of para-hydroxylation sites is 2. The third kappa shape index (κ3) is 6.52. The summed E-state index contributed by atoms with van der Waals surface area (Å²) in [5, 5.41) is 9.79. The molecule has 0 aromatic heterocycles. The number of aliphatic hydroxyl groups excluding tert-OH is 1. The highest BCUT2D eigenvalue weighted by atomic mass is 19.4. The molecule has 0 spiro atoms. The van der Waals surface area contributed by atoms with Gasteiger partial charge in [-0.25, -0.2) is 0 Å². The van der Waals surface area contributed by atoms with Crippen LogP contribution in [0.15, 0.2) is 72.8 Å². The van der Waals surface area contributed by atoms with Crippen molar-refractivity contribution in [2.75, 3.05) is 18.0 Å². The fraction of sp³-hybridized carbons (Fsp3) is 0.308. The summed E-state index contributed by atoms with van der Waals surface area (Å²) in [4.78, 5) is 1.21. The van der Waals surface area contributed by atoms with Crippen molar-refractivity contribution in [3.8, 4) is 11.5 Å². The number of hydrogen-bond donors (Lipinski definition) is 1. The number of rotatable bonds is 7. The van der Waals surface area contributed by atoms with Crippen molar-refractivity contribution in [3.05, 3.63) is 89.5 Å². The minimum Gasteiger partial charge on any atom is -0.406 e. The highest BCUT2D eigenvalue weighted by Crippen LogP contribution is 2.49. The van der Waals surface area contributed by atoms with Gasteiger partial charge in [-0.1, -0.05) is 48.5 Å². The lowest BCUT2D eigenvalue weighted by molar-refractivity contribution is -0.275. The predicted octanol–water partition coefficient (Wildman–Crippen LogP) is 6.76. The molecular weight excluding hydrogens is 545 g/mol. The van der Waals surface area contributed by atoms with E-state index in [0.29, 0.717) is 5.56 Å². The standard InChI is InChI=1S/C26H20F9NO3/c27-24(28,29)22(37)14-36-15-23(19-9-2-3-10-20(19)36,17-7-5-8-18(12-17)38-25(30,31)32)13-16-6-1-4-11-21(16)39-26(33,34)35/h1-12,22,37H,13-15H2/t22-,23?/m1/s1. The van der Waals surface area contributed by atoms with Gasteiger partial charge in [-0.3, -0.25) is 0 Å². The second-order valence-electron chi connectivity index (χ2n) is 8.95. The molecule has 0 saturated heterocycles. The Bertz CT molecular complexity index is 1310. The summed E-state index contributed by atoms with van der Waals surface area (Å²) in [6.45, 7) is -1.23. The zero-order valence-electron chi connectivity index (χ0n) is 19.7. The van der Waals surface area contributed by atoms with Crippen molar-refractivity contribution in [3.63, 3.8) is 0 Å². The van der Waals surface area contributed by atoms with Crippen molar-refractivity contribution in [1.82, 2.24) is 0 Å². The van der Waals surface area contributed by atoms with Gasteiger partial charge >= 0.3 is 18.9 Å². The number of fused-ring (bicyclic) bond motifs is 1. The molecule has 0 fully saturated rings. The number of anilines is 1. The van der Waals surface area contributed by atoms with Gasteiger partial charge in [0.2, 0.25) is 0 Å². The van der Waals surface area contributed by atoms with Crippen molar-refractivity contribution < 1.29 is 54.1 Å². The third-order valence-corrected chi connectivity index (χ3v) is 6.30. The van der Waals surface area contributed by atoms with E-state index in [0.717, 1.165) is 18.2 Å². The van der Waals surface area contributed by atoms with E-state index >= 15 is 0 Å².